The van der Waals surface area contributed by atoms with Gasteiger partial charge in [-0.05, 0) is 84.5 Å². The highest BCUT2D eigenvalue weighted by Gasteiger charge is 2.36. The van der Waals surface area contributed by atoms with Gasteiger partial charge in [0.05, 0.1) is 11.6 Å². The normalized spacial score (nSPS) is 16.2. The molecule has 0 spiro atoms. The number of halogens is 3. The van der Waals surface area contributed by atoms with Gasteiger partial charge in [0.1, 0.15) is 17.3 Å². The van der Waals surface area contributed by atoms with E-state index in [4.69, 9.17) is 5.11 Å². The van der Waals surface area contributed by atoms with Crippen molar-refractivity contribution in [1.29, 1.82) is 0 Å². The average Bonchev–Trinajstić information content (AvgIpc) is 2.86. The SMILES string of the molecule is CC(C)(F)CN1CCc2cc(-c3ccc4ncccc4c3)ccc2C1c1c(F)cc(/C=C/C(=O)O)cc1F. The first kappa shape index (κ1) is 25.7. The van der Waals surface area contributed by atoms with Gasteiger partial charge in [0, 0.05) is 36.3 Å². The van der Waals surface area contributed by atoms with Gasteiger partial charge in [0.2, 0.25) is 0 Å². The Morgan fingerprint density at radius 3 is 2.50 bits per heavy atom. The number of alkyl halides is 1. The van der Waals surface area contributed by atoms with Gasteiger partial charge in [0.15, 0.2) is 0 Å². The molecule has 1 N–H and O–H groups in total. The third-order valence-electron chi connectivity index (χ3n) is 6.78. The van der Waals surface area contributed by atoms with E-state index in [1.54, 1.807) is 11.1 Å². The molecule has 1 atom stereocenters. The Kier molecular flexibility index (Phi) is 6.80. The molecule has 7 heteroatoms. The third kappa shape index (κ3) is 5.34. The molecule has 0 bridgehead atoms. The second-order valence-corrected chi connectivity index (χ2v) is 10.2. The maximum Gasteiger partial charge on any atom is 0.328 e. The van der Waals surface area contributed by atoms with E-state index in [2.05, 4.69) is 11.1 Å². The summed E-state index contributed by atoms with van der Waals surface area (Å²) in [4.78, 5) is 17.0. The minimum Gasteiger partial charge on any atom is -0.478 e. The number of hydrogen-bond donors (Lipinski definition) is 1. The number of rotatable bonds is 6. The van der Waals surface area contributed by atoms with Gasteiger partial charge in [-0.15, -0.1) is 0 Å². The lowest BCUT2D eigenvalue weighted by Gasteiger charge is -2.40. The number of carboxylic acids is 1. The van der Waals surface area contributed by atoms with E-state index in [-0.39, 0.29) is 17.7 Å². The zero-order valence-electron chi connectivity index (χ0n) is 21.1. The standard InChI is InChI=1S/C31H27F3N2O2/c1-31(2,34)18-36-13-11-22-16-20(21-7-9-27-23(17-21)4-3-12-35-27)6-8-24(22)30(36)29-25(32)14-19(15-26(29)33)5-10-28(37)38/h3-10,12,14-17,30H,11,13,18H2,1-2H3,(H,37,38)/b10-5+. The lowest BCUT2D eigenvalue weighted by molar-refractivity contribution is -0.131. The minimum atomic E-state index is -1.58. The van der Waals surface area contributed by atoms with Crippen LogP contribution in [0.15, 0.2) is 72.9 Å². The summed E-state index contributed by atoms with van der Waals surface area (Å²) >= 11 is 0. The molecule has 38 heavy (non-hydrogen) atoms. The van der Waals surface area contributed by atoms with Gasteiger partial charge >= 0.3 is 5.97 Å². The number of pyridine rings is 1. The smallest absolute Gasteiger partial charge is 0.328 e. The summed E-state index contributed by atoms with van der Waals surface area (Å²) in [7, 11) is 0. The van der Waals surface area contributed by atoms with E-state index in [0.717, 1.165) is 57.4 Å². The number of fused-ring (bicyclic) bond motifs is 2. The first-order valence-corrected chi connectivity index (χ1v) is 12.4. The first-order valence-electron chi connectivity index (χ1n) is 12.4. The van der Waals surface area contributed by atoms with E-state index >= 15 is 8.78 Å². The highest BCUT2D eigenvalue weighted by Crippen LogP contribution is 2.40. The highest BCUT2D eigenvalue weighted by atomic mass is 19.1. The zero-order chi connectivity index (χ0) is 27.0. The van der Waals surface area contributed by atoms with Crippen molar-refractivity contribution in [2.45, 2.75) is 32.0 Å². The predicted molar refractivity (Wildman–Crippen MR) is 143 cm³/mol. The fourth-order valence-corrected chi connectivity index (χ4v) is 5.23. The van der Waals surface area contributed by atoms with Crippen LogP contribution in [0.1, 0.15) is 42.1 Å². The Morgan fingerprint density at radius 2 is 1.79 bits per heavy atom. The molecule has 1 aromatic heterocycles. The molecule has 1 aliphatic heterocycles. The molecule has 0 radical (unpaired) electrons. The van der Waals surface area contributed by atoms with Crippen LogP contribution in [0.2, 0.25) is 0 Å². The minimum absolute atomic E-state index is 0.00389. The number of hydrogen-bond acceptors (Lipinski definition) is 3. The highest BCUT2D eigenvalue weighted by molar-refractivity contribution is 5.85. The average molecular weight is 517 g/mol. The Balaban J connectivity index is 1.59. The Bertz CT molecular complexity index is 1540. The van der Waals surface area contributed by atoms with E-state index in [0.29, 0.717) is 13.0 Å². The van der Waals surface area contributed by atoms with E-state index in [1.165, 1.54) is 13.8 Å². The molecule has 5 rings (SSSR count). The Labute approximate surface area is 219 Å². The molecule has 2 heterocycles. The van der Waals surface area contributed by atoms with Crippen LogP contribution in [-0.2, 0) is 11.2 Å². The van der Waals surface area contributed by atoms with Gasteiger partial charge in [-0.2, -0.15) is 0 Å². The maximum absolute atomic E-state index is 15.5. The zero-order valence-corrected chi connectivity index (χ0v) is 21.1. The Morgan fingerprint density at radius 1 is 1.08 bits per heavy atom. The molecular weight excluding hydrogens is 489 g/mol. The fourth-order valence-electron chi connectivity index (χ4n) is 5.23. The maximum atomic E-state index is 15.5. The topological polar surface area (TPSA) is 53.4 Å². The monoisotopic (exact) mass is 516 g/mol. The summed E-state index contributed by atoms with van der Waals surface area (Å²) in [6.07, 6.45) is 4.32. The van der Waals surface area contributed by atoms with Crippen LogP contribution in [0.4, 0.5) is 13.2 Å². The third-order valence-corrected chi connectivity index (χ3v) is 6.78. The summed E-state index contributed by atoms with van der Waals surface area (Å²) < 4.78 is 45.7. The van der Waals surface area contributed by atoms with E-state index in [9.17, 15) is 9.18 Å². The molecule has 4 nitrogen and oxygen atoms in total. The second kappa shape index (κ2) is 10.1. The number of aromatic nitrogens is 1. The summed E-state index contributed by atoms with van der Waals surface area (Å²) in [6, 6.07) is 17.1. The van der Waals surface area contributed by atoms with Crippen LogP contribution in [-0.4, -0.2) is 39.7 Å². The van der Waals surface area contributed by atoms with Gasteiger partial charge in [-0.25, -0.2) is 18.0 Å². The van der Waals surface area contributed by atoms with Crippen molar-refractivity contribution in [3.63, 3.8) is 0 Å². The van der Waals surface area contributed by atoms with Crippen molar-refractivity contribution in [2.24, 2.45) is 0 Å². The van der Waals surface area contributed by atoms with Crippen LogP contribution < -0.4 is 0 Å². The second-order valence-electron chi connectivity index (χ2n) is 10.2. The van der Waals surface area contributed by atoms with E-state index < -0.39 is 29.3 Å². The molecule has 1 aliphatic rings. The number of carbonyl (C=O) groups is 1. The van der Waals surface area contributed by atoms with Crippen molar-refractivity contribution in [1.82, 2.24) is 9.88 Å². The van der Waals surface area contributed by atoms with Gasteiger partial charge in [-0.1, -0.05) is 30.3 Å². The quantitative estimate of drug-likeness (QED) is 0.281. The molecule has 0 saturated carbocycles. The van der Waals surface area contributed by atoms with Crippen molar-refractivity contribution in [2.75, 3.05) is 13.1 Å². The van der Waals surface area contributed by atoms with Crippen LogP contribution >= 0.6 is 0 Å². The van der Waals surface area contributed by atoms with Crippen LogP contribution in [0.5, 0.6) is 0 Å². The fraction of sp³-hybridized carbons (Fsp3) is 0.226. The Hall–Kier alpha value is -3.97. The van der Waals surface area contributed by atoms with Crippen molar-refractivity contribution in [3.05, 3.63) is 107 Å². The van der Waals surface area contributed by atoms with E-state index in [1.807, 2.05) is 42.5 Å². The number of carboxylic acid groups (broad SMARTS) is 1. The van der Waals surface area contributed by atoms with Crippen LogP contribution in [0, 0.1) is 11.6 Å². The largest absolute Gasteiger partial charge is 0.478 e. The summed E-state index contributed by atoms with van der Waals surface area (Å²) in [5.74, 6) is -2.83. The summed E-state index contributed by atoms with van der Waals surface area (Å²) in [5, 5.41) is 9.87. The lowest BCUT2D eigenvalue weighted by atomic mass is 9.85. The summed E-state index contributed by atoms with van der Waals surface area (Å²) in [6.45, 7) is 3.32. The van der Waals surface area contributed by atoms with Crippen LogP contribution in [0.25, 0.3) is 28.1 Å². The molecule has 194 valence electrons. The van der Waals surface area contributed by atoms with Gasteiger partial charge < -0.3 is 5.11 Å². The van der Waals surface area contributed by atoms with Crippen molar-refractivity contribution >= 4 is 22.9 Å². The van der Waals surface area contributed by atoms with Gasteiger partial charge in [0.25, 0.3) is 0 Å². The van der Waals surface area contributed by atoms with Gasteiger partial charge in [-0.3, -0.25) is 9.88 Å². The predicted octanol–water partition coefficient (Wildman–Crippen LogP) is 6.97. The molecular formula is C31H27F3N2O2. The van der Waals surface area contributed by atoms with Crippen LogP contribution in [0.3, 0.4) is 0 Å². The molecule has 1 unspecified atom stereocenters. The lowest BCUT2D eigenvalue weighted by Crippen LogP contribution is -2.43. The van der Waals surface area contributed by atoms with Crippen molar-refractivity contribution in [3.8, 4) is 11.1 Å². The molecule has 0 fully saturated rings. The number of benzene rings is 3. The number of nitrogens with zero attached hydrogens (tertiary/aromatic N) is 2. The summed E-state index contributed by atoms with van der Waals surface area (Å²) in [5.41, 5.74) is 2.89. The molecule has 0 saturated heterocycles. The molecule has 0 aliphatic carbocycles. The van der Waals surface area contributed by atoms with Crippen molar-refractivity contribution < 1.29 is 23.1 Å². The molecule has 3 aromatic carbocycles. The molecule has 0 amide bonds. The molecule has 4 aromatic rings. The first-order chi connectivity index (χ1) is 18.1. The number of aliphatic carboxylic acids is 1.